The van der Waals surface area contributed by atoms with Crippen LogP contribution in [-0.4, -0.2) is 47.0 Å². The second-order valence-corrected chi connectivity index (χ2v) is 10.1. The fourth-order valence-corrected chi connectivity index (χ4v) is 4.45. The van der Waals surface area contributed by atoms with Gasteiger partial charge in [0.05, 0.1) is 0 Å². The maximum atomic E-state index is 13.7. The summed E-state index contributed by atoms with van der Waals surface area (Å²) in [4.78, 5) is 26.5. The summed E-state index contributed by atoms with van der Waals surface area (Å²) in [6, 6.07) is 14.6. The third-order valence-electron chi connectivity index (χ3n) is 6.44. The van der Waals surface area contributed by atoms with Crippen LogP contribution < -0.4 is 4.90 Å². The second-order valence-electron chi connectivity index (χ2n) is 10.1. The van der Waals surface area contributed by atoms with Gasteiger partial charge in [0, 0.05) is 49.4 Å². The number of rotatable bonds is 4. The molecule has 1 aliphatic rings. The molecule has 0 bridgehead atoms. The predicted octanol–water partition coefficient (Wildman–Crippen LogP) is 5.08. The van der Waals surface area contributed by atoms with Gasteiger partial charge in [0.25, 0.3) is 5.91 Å². The Morgan fingerprint density at radius 3 is 2.26 bits per heavy atom. The lowest BCUT2D eigenvalue weighted by molar-refractivity contribution is 0.0746. The minimum Gasteiger partial charge on any atom is -0.353 e. The van der Waals surface area contributed by atoms with E-state index in [-0.39, 0.29) is 17.1 Å². The molecule has 0 radical (unpaired) electrons. The van der Waals surface area contributed by atoms with Gasteiger partial charge in [-0.15, -0.1) is 0 Å². The number of nitrogens with zero attached hydrogens (tertiary/aromatic N) is 4. The van der Waals surface area contributed by atoms with Crippen molar-refractivity contribution in [2.24, 2.45) is 0 Å². The molecule has 1 aliphatic heterocycles. The average Bonchev–Trinajstić information content (AvgIpc) is 2.80. The minimum absolute atomic E-state index is 0.0598. The Morgan fingerprint density at radius 1 is 0.971 bits per heavy atom. The maximum absolute atomic E-state index is 13.7. The van der Waals surface area contributed by atoms with Crippen LogP contribution in [0.4, 0.5) is 10.2 Å². The first kappa shape index (κ1) is 23.9. The number of anilines is 1. The third kappa shape index (κ3) is 5.27. The molecule has 1 amide bonds. The topological polar surface area (TPSA) is 49.3 Å². The predicted molar refractivity (Wildman–Crippen MR) is 134 cm³/mol. The van der Waals surface area contributed by atoms with E-state index in [1.807, 2.05) is 36.9 Å². The molecule has 5 nitrogen and oxygen atoms in total. The Morgan fingerprint density at radius 2 is 1.65 bits per heavy atom. The van der Waals surface area contributed by atoms with E-state index in [1.165, 1.54) is 11.6 Å². The molecule has 0 N–H and O–H groups in total. The van der Waals surface area contributed by atoms with E-state index in [0.29, 0.717) is 38.4 Å². The first-order valence-electron chi connectivity index (χ1n) is 11.8. The van der Waals surface area contributed by atoms with Gasteiger partial charge in [-0.3, -0.25) is 4.79 Å². The van der Waals surface area contributed by atoms with Crippen molar-refractivity contribution in [3.05, 3.63) is 88.1 Å². The van der Waals surface area contributed by atoms with Crippen LogP contribution in [0.1, 0.15) is 59.3 Å². The Balaban J connectivity index is 1.49. The van der Waals surface area contributed by atoms with Crippen molar-refractivity contribution < 1.29 is 9.18 Å². The van der Waals surface area contributed by atoms with Crippen LogP contribution in [0.3, 0.4) is 0 Å². The van der Waals surface area contributed by atoms with Crippen molar-refractivity contribution in [1.29, 1.82) is 0 Å². The van der Waals surface area contributed by atoms with Crippen molar-refractivity contribution in [2.45, 2.75) is 46.5 Å². The average molecular weight is 461 g/mol. The summed E-state index contributed by atoms with van der Waals surface area (Å²) in [5, 5.41) is 0. The smallest absolute Gasteiger partial charge is 0.253 e. The third-order valence-corrected chi connectivity index (χ3v) is 6.44. The summed E-state index contributed by atoms with van der Waals surface area (Å²) in [6.45, 7) is 13.0. The quantitative estimate of drug-likeness (QED) is 0.545. The Bertz CT molecular complexity index is 1180. The number of aromatic nitrogens is 2. The number of aryl methyl sites for hydroxylation is 2. The van der Waals surface area contributed by atoms with Gasteiger partial charge < -0.3 is 9.80 Å². The molecular weight excluding hydrogens is 427 g/mol. The number of benzene rings is 2. The van der Waals surface area contributed by atoms with E-state index in [4.69, 9.17) is 4.98 Å². The second kappa shape index (κ2) is 9.53. The summed E-state index contributed by atoms with van der Waals surface area (Å²) < 4.78 is 13.7. The highest BCUT2D eigenvalue weighted by Crippen LogP contribution is 2.26. The Kier molecular flexibility index (Phi) is 6.69. The highest BCUT2D eigenvalue weighted by Gasteiger charge is 2.26. The molecule has 3 aromatic rings. The molecule has 1 fully saturated rings. The van der Waals surface area contributed by atoms with Crippen molar-refractivity contribution >= 4 is 11.7 Å². The van der Waals surface area contributed by atoms with Crippen LogP contribution in [0.2, 0.25) is 0 Å². The molecule has 0 unspecified atom stereocenters. The van der Waals surface area contributed by atoms with Gasteiger partial charge in [0.15, 0.2) is 0 Å². The highest BCUT2D eigenvalue weighted by atomic mass is 19.1. The molecule has 4 rings (SSSR count). The van der Waals surface area contributed by atoms with Gasteiger partial charge in [-0.05, 0) is 54.7 Å². The van der Waals surface area contributed by atoms with Crippen molar-refractivity contribution in [2.75, 3.05) is 31.1 Å². The van der Waals surface area contributed by atoms with Crippen LogP contribution >= 0.6 is 0 Å². The number of amides is 1. The van der Waals surface area contributed by atoms with Gasteiger partial charge >= 0.3 is 0 Å². The van der Waals surface area contributed by atoms with E-state index < -0.39 is 0 Å². The van der Waals surface area contributed by atoms with Gasteiger partial charge in [0.2, 0.25) is 0 Å². The SMILES string of the molecule is Cc1nc(C)c(Cc2cccc(F)c2)c(N2CCN(C(=O)c3ccc(C(C)(C)C)cc3)CC2)n1. The zero-order valence-electron chi connectivity index (χ0n) is 20.7. The van der Waals surface area contributed by atoms with Crippen molar-refractivity contribution in [3.8, 4) is 0 Å². The largest absolute Gasteiger partial charge is 0.353 e. The number of hydrogen-bond donors (Lipinski definition) is 0. The fourth-order valence-electron chi connectivity index (χ4n) is 4.45. The van der Waals surface area contributed by atoms with E-state index in [1.54, 1.807) is 12.1 Å². The summed E-state index contributed by atoms with van der Waals surface area (Å²) >= 11 is 0. The van der Waals surface area contributed by atoms with Crippen LogP contribution in [0, 0.1) is 19.7 Å². The summed E-state index contributed by atoms with van der Waals surface area (Å²) in [5.41, 5.74) is 4.81. The molecule has 6 heteroatoms. The molecule has 1 aromatic heterocycles. The summed E-state index contributed by atoms with van der Waals surface area (Å²) in [5.74, 6) is 1.42. The highest BCUT2D eigenvalue weighted by molar-refractivity contribution is 5.94. The van der Waals surface area contributed by atoms with E-state index >= 15 is 0 Å². The van der Waals surface area contributed by atoms with E-state index in [2.05, 4.69) is 42.8 Å². The zero-order valence-corrected chi connectivity index (χ0v) is 20.7. The van der Waals surface area contributed by atoms with Gasteiger partial charge in [-0.1, -0.05) is 45.0 Å². The standard InChI is InChI=1S/C28H33FN4O/c1-19-25(18-21-7-6-8-24(29)17-21)26(31-20(2)30-19)32-13-15-33(16-14-32)27(34)22-9-11-23(12-10-22)28(3,4)5/h6-12,17H,13-16,18H2,1-5H3. The van der Waals surface area contributed by atoms with Gasteiger partial charge in [-0.2, -0.15) is 0 Å². The Labute approximate surface area is 201 Å². The minimum atomic E-state index is -0.243. The van der Waals surface area contributed by atoms with Crippen LogP contribution in [0.25, 0.3) is 0 Å². The Hall–Kier alpha value is -3.28. The first-order chi connectivity index (χ1) is 16.1. The lowest BCUT2D eigenvalue weighted by atomic mass is 9.86. The normalized spacial score (nSPS) is 14.4. The molecular formula is C28H33FN4O. The zero-order chi connectivity index (χ0) is 24.5. The number of piperazine rings is 1. The van der Waals surface area contributed by atoms with Gasteiger partial charge in [-0.25, -0.2) is 14.4 Å². The number of hydrogen-bond acceptors (Lipinski definition) is 4. The van der Waals surface area contributed by atoms with Crippen LogP contribution in [0.15, 0.2) is 48.5 Å². The fraction of sp³-hybridized carbons (Fsp3) is 0.393. The lowest BCUT2D eigenvalue weighted by Gasteiger charge is -2.36. The first-order valence-corrected chi connectivity index (χ1v) is 11.8. The van der Waals surface area contributed by atoms with Crippen LogP contribution in [-0.2, 0) is 11.8 Å². The van der Waals surface area contributed by atoms with Crippen molar-refractivity contribution in [3.63, 3.8) is 0 Å². The maximum Gasteiger partial charge on any atom is 0.253 e. The molecule has 2 aromatic carbocycles. The van der Waals surface area contributed by atoms with Crippen molar-refractivity contribution in [1.82, 2.24) is 14.9 Å². The van der Waals surface area contributed by atoms with Crippen LogP contribution in [0.5, 0.6) is 0 Å². The lowest BCUT2D eigenvalue weighted by Crippen LogP contribution is -2.49. The number of carbonyl (C=O) groups is 1. The summed E-state index contributed by atoms with van der Waals surface area (Å²) in [6.07, 6.45) is 0.568. The molecule has 0 spiro atoms. The molecule has 34 heavy (non-hydrogen) atoms. The molecule has 2 heterocycles. The van der Waals surface area contributed by atoms with Gasteiger partial charge in [0.1, 0.15) is 17.5 Å². The summed E-state index contributed by atoms with van der Waals surface area (Å²) in [7, 11) is 0. The molecule has 0 saturated carbocycles. The molecule has 1 saturated heterocycles. The molecule has 0 aliphatic carbocycles. The molecule has 178 valence electrons. The monoisotopic (exact) mass is 460 g/mol. The van der Waals surface area contributed by atoms with E-state index in [0.717, 1.165) is 28.2 Å². The van der Waals surface area contributed by atoms with E-state index in [9.17, 15) is 9.18 Å². The number of halogens is 1. The number of carbonyl (C=O) groups excluding carboxylic acids is 1. The molecule has 0 atom stereocenters.